The molecule has 2 aromatic rings. The summed E-state index contributed by atoms with van der Waals surface area (Å²) in [6.45, 7) is 13.6. The van der Waals surface area contributed by atoms with Crippen molar-refractivity contribution in [2.24, 2.45) is 29.1 Å². The number of benzene rings is 1. The molecule has 0 spiro atoms. The third-order valence-corrected chi connectivity index (χ3v) is 11.0. The quantitative estimate of drug-likeness (QED) is 0.185. The van der Waals surface area contributed by atoms with Crippen molar-refractivity contribution in [2.45, 2.75) is 124 Å². The summed E-state index contributed by atoms with van der Waals surface area (Å²) >= 11 is 0. The molecule has 1 saturated carbocycles. The number of aliphatic hydroxyl groups excluding tert-OH is 1. The summed E-state index contributed by atoms with van der Waals surface area (Å²) in [5.74, 6) is -2.88. The van der Waals surface area contributed by atoms with Gasteiger partial charge in [0.1, 0.15) is 17.8 Å². The molecule has 52 heavy (non-hydrogen) atoms. The summed E-state index contributed by atoms with van der Waals surface area (Å²) in [5.41, 5.74) is 0.341. The smallest absolute Gasteiger partial charge is 0.251 e. The number of hydrogen-bond acceptors (Lipinski definition) is 8. The van der Waals surface area contributed by atoms with Crippen LogP contribution < -0.4 is 16.0 Å². The number of amides is 4. The number of carbonyl (C=O) groups is 5. The van der Waals surface area contributed by atoms with Gasteiger partial charge < -0.3 is 26.0 Å². The van der Waals surface area contributed by atoms with Crippen LogP contribution in [0.3, 0.4) is 0 Å². The summed E-state index contributed by atoms with van der Waals surface area (Å²) in [6, 6.07) is 6.42. The molecule has 2 unspecified atom stereocenters. The van der Waals surface area contributed by atoms with Crippen molar-refractivity contribution < 1.29 is 29.1 Å². The van der Waals surface area contributed by atoms with Gasteiger partial charge in [0.2, 0.25) is 17.7 Å². The van der Waals surface area contributed by atoms with Crippen LogP contribution in [0.25, 0.3) is 0 Å². The van der Waals surface area contributed by atoms with Crippen molar-refractivity contribution in [3.8, 4) is 0 Å². The Balaban J connectivity index is 1.53. The first-order valence-corrected chi connectivity index (χ1v) is 18.9. The number of fused-ring (bicyclic) bond motifs is 1. The molecule has 1 aromatic carbocycles. The number of aliphatic hydroxyl groups is 1. The van der Waals surface area contributed by atoms with Crippen LogP contribution >= 0.6 is 0 Å². The molecule has 4 amide bonds. The number of nitrogens with zero attached hydrogens (tertiary/aromatic N) is 3. The van der Waals surface area contributed by atoms with E-state index in [9.17, 15) is 29.1 Å². The molecule has 0 bridgehead atoms. The van der Waals surface area contributed by atoms with Crippen LogP contribution in [0.4, 0.5) is 0 Å². The van der Waals surface area contributed by atoms with E-state index in [0.717, 1.165) is 24.8 Å². The van der Waals surface area contributed by atoms with Gasteiger partial charge in [-0.05, 0) is 54.9 Å². The van der Waals surface area contributed by atoms with Crippen LogP contribution in [0.1, 0.15) is 116 Å². The SMILES string of the molecule is CCC[C@H](NC(=O)[C@@H]1[C@H]2CCC[C@H]2CN1C(=O)[C@@H](NC(=O)[C@@H](CC(=O)c1cnccn1)C(C)CC)C(C)(C)C)C(O)C(=O)N[C@@H](C)c1ccccc1. The van der Waals surface area contributed by atoms with Crippen molar-refractivity contribution in [1.29, 1.82) is 0 Å². The van der Waals surface area contributed by atoms with E-state index < -0.39 is 53.3 Å². The average Bonchev–Trinajstić information content (AvgIpc) is 3.73. The minimum atomic E-state index is -1.50. The van der Waals surface area contributed by atoms with Crippen molar-refractivity contribution >= 4 is 29.4 Å². The second kappa shape index (κ2) is 18.0. The predicted molar refractivity (Wildman–Crippen MR) is 197 cm³/mol. The molecule has 1 aliphatic heterocycles. The topological polar surface area (TPSA) is 171 Å². The van der Waals surface area contributed by atoms with Gasteiger partial charge in [-0.2, -0.15) is 0 Å². The monoisotopic (exact) mass is 718 g/mol. The Morgan fingerprint density at radius 2 is 1.67 bits per heavy atom. The maximum atomic E-state index is 14.6. The maximum absolute atomic E-state index is 14.6. The van der Waals surface area contributed by atoms with Gasteiger partial charge in [-0.15, -0.1) is 0 Å². The predicted octanol–water partition coefficient (Wildman–Crippen LogP) is 4.39. The lowest BCUT2D eigenvalue weighted by Gasteiger charge is -2.37. The summed E-state index contributed by atoms with van der Waals surface area (Å²) in [6.07, 6.45) is 6.93. The first kappa shape index (κ1) is 40.6. The summed E-state index contributed by atoms with van der Waals surface area (Å²) in [4.78, 5) is 79.0. The highest BCUT2D eigenvalue weighted by atomic mass is 16.3. The third-order valence-electron chi connectivity index (χ3n) is 11.0. The molecule has 2 heterocycles. The number of likely N-dealkylation sites (tertiary alicyclic amines) is 1. The van der Waals surface area contributed by atoms with Crippen molar-refractivity contribution in [3.63, 3.8) is 0 Å². The van der Waals surface area contributed by atoms with Gasteiger partial charge in [-0.1, -0.05) is 91.1 Å². The van der Waals surface area contributed by atoms with Gasteiger partial charge in [0, 0.05) is 31.3 Å². The van der Waals surface area contributed by atoms with Gasteiger partial charge in [0.05, 0.1) is 18.3 Å². The standard InChI is InChI=1S/C40H58N6O6/c1-8-14-30(34(48)38(51)43-25(4)26-15-11-10-12-16-26)44-37(50)33-28-18-13-17-27(28)23-46(33)39(52)35(40(5,6)7)45-36(49)29(24(3)9-2)21-32(47)31-22-41-19-20-42-31/h10-12,15-16,19-20,22,24-25,27-30,33-35,48H,8-9,13-14,17-18,21,23H2,1-7H3,(H,43,51)(H,44,50)(H,45,49)/t24?,25-,27-,28-,29-,30-,33-,34?,35+/m0/s1. The van der Waals surface area contributed by atoms with E-state index >= 15 is 0 Å². The second-order valence-corrected chi connectivity index (χ2v) is 15.8. The highest BCUT2D eigenvalue weighted by Gasteiger charge is 2.52. The number of ketones is 1. The first-order chi connectivity index (χ1) is 24.7. The molecule has 284 valence electrons. The fourth-order valence-electron chi connectivity index (χ4n) is 7.71. The molecule has 0 radical (unpaired) electrons. The molecule has 2 aliphatic rings. The highest BCUT2D eigenvalue weighted by Crippen LogP contribution is 2.43. The van der Waals surface area contributed by atoms with Crippen molar-refractivity contribution in [1.82, 2.24) is 30.8 Å². The lowest BCUT2D eigenvalue weighted by atomic mass is 9.82. The zero-order valence-corrected chi connectivity index (χ0v) is 31.8. The zero-order valence-electron chi connectivity index (χ0n) is 31.8. The Kier molecular flexibility index (Phi) is 14.1. The van der Waals surface area contributed by atoms with Crippen LogP contribution in [-0.2, 0) is 19.2 Å². The highest BCUT2D eigenvalue weighted by molar-refractivity contribution is 5.98. The van der Waals surface area contributed by atoms with Gasteiger partial charge >= 0.3 is 0 Å². The molecule has 9 atom stereocenters. The molecule has 1 aromatic heterocycles. The molecular weight excluding hydrogens is 660 g/mol. The second-order valence-electron chi connectivity index (χ2n) is 15.8. The van der Waals surface area contributed by atoms with Crippen LogP contribution in [0, 0.1) is 29.1 Å². The summed E-state index contributed by atoms with van der Waals surface area (Å²) < 4.78 is 0. The molecule has 12 nitrogen and oxygen atoms in total. The number of aromatic nitrogens is 2. The average molecular weight is 719 g/mol. The minimum Gasteiger partial charge on any atom is -0.381 e. The van der Waals surface area contributed by atoms with Gasteiger partial charge in [0.25, 0.3) is 5.91 Å². The van der Waals surface area contributed by atoms with E-state index in [1.165, 1.54) is 18.6 Å². The number of hydrogen-bond donors (Lipinski definition) is 4. The van der Waals surface area contributed by atoms with Crippen molar-refractivity contribution in [2.75, 3.05) is 6.54 Å². The van der Waals surface area contributed by atoms with E-state index in [0.29, 0.717) is 25.8 Å². The van der Waals surface area contributed by atoms with Gasteiger partial charge in [-0.3, -0.25) is 29.0 Å². The first-order valence-electron chi connectivity index (χ1n) is 18.9. The fraction of sp³-hybridized carbons (Fsp3) is 0.625. The van der Waals surface area contributed by atoms with E-state index in [1.54, 1.807) is 4.90 Å². The van der Waals surface area contributed by atoms with E-state index in [4.69, 9.17) is 0 Å². The van der Waals surface area contributed by atoms with Gasteiger partial charge in [-0.25, -0.2) is 4.98 Å². The van der Waals surface area contributed by atoms with Crippen LogP contribution in [0.5, 0.6) is 0 Å². The number of carbonyl (C=O) groups excluding carboxylic acids is 5. The Bertz CT molecular complexity index is 1530. The van der Waals surface area contributed by atoms with E-state index in [2.05, 4.69) is 25.9 Å². The Morgan fingerprint density at radius 3 is 2.29 bits per heavy atom. The van der Waals surface area contributed by atoms with Gasteiger partial charge in [0.15, 0.2) is 11.9 Å². The molecule has 4 rings (SSSR count). The fourth-order valence-corrected chi connectivity index (χ4v) is 7.71. The van der Waals surface area contributed by atoms with E-state index in [-0.39, 0.29) is 47.6 Å². The Hall–Kier alpha value is -4.19. The van der Waals surface area contributed by atoms with Crippen LogP contribution in [0.2, 0.25) is 0 Å². The number of rotatable bonds is 16. The van der Waals surface area contributed by atoms with Crippen molar-refractivity contribution in [3.05, 3.63) is 60.2 Å². The molecule has 1 saturated heterocycles. The Labute approximate surface area is 308 Å². The third kappa shape index (κ3) is 9.81. The molecule has 2 fully saturated rings. The lowest BCUT2D eigenvalue weighted by Crippen LogP contribution is -2.61. The lowest BCUT2D eigenvalue weighted by molar-refractivity contribution is -0.146. The summed E-state index contributed by atoms with van der Waals surface area (Å²) in [5, 5.41) is 20.1. The normalized spacial score (nSPS) is 21.9. The maximum Gasteiger partial charge on any atom is 0.251 e. The minimum absolute atomic E-state index is 0.0796. The summed E-state index contributed by atoms with van der Waals surface area (Å²) in [7, 11) is 0. The largest absolute Gasteiger partial charge is 0.381 e. The molecule has 1 aliphatic carbocycles. The van der Waals surface area contributed by atoms with Crippen LogP contribution in [-0.4, -0.2) is 80.2 Å². The molecule has 4 N–H and O–H groups in total. The Morgan fingerprint density at radius 1 is 0.962 bits per heavy atom. The van der Waals surface area contributed by atoms with E-state index in [1.807, 2.05) is 78.8 Å². The van der Waals surface area contributed by atoms with Crippen LogP contribution in [0.15, 0.2) is 48.9 Å². The number of Topliss-reactive ketones (excluding diaryl/α,β-unsaturated/α-hetero) is 1. The molecule has 12 heteroatoms. The molecular formula is C40H58N6O6. The number of nitrogens with one attached hydrogen (secondary N) is 3. The zero-order chi connectivity index (χ0) is 38.2.